The molecule has 1 amide bonds. The van der Waals surface area contributed by atoms with Crippen molar-refractivity contribution in [2.45, 2.75) is 24.9 Å². The van der Waals surface area contributed by atoms with Crippen molar-refractivity contribution in [2.75, 3.05) is 5.32 Å². The Bertz CT molecular complexity index is 898. The van der Waals surface area contributed by atoms with Crippen LogP contribution in [0.4, 0.5) is 5.69 Å². The van der Waals surface area contributed by atoms with Crippen molar-refractivity contribution in [3.63, 3.8) is 0 Å². The number of hydrogen-bond acceptors (Lipinski definition) is 3. The maximum atomic E-state index is 12.3. The topological polar surface area (TPSA) is 67.2 Å². The van der Waals surface area contributed by atoms with Crippen LogP contribution in [0.2, 0.25) is 0 Å². The second-order valence-corrected chi connectivity index (χ2v) is 6.31. The SMILES string of the molecule is Cn1c(C2CC2)nc2cc(NC(=O)[C@@H](O)c3ccccc3)ccc21. The zero-order valence-electron chi connectivity index (χ0n) is 13.4. The van der Waals surface area contributed by atoms with Crippen molar-refractivity contribution < 1.29 is 9.90 Å². The van der Waals surface area contributed by atoms with Crippen molar-refractivity contribution in [1.29, 1.82) is 0 Å². The highest BCUT2D eigenvalue weighted by Crippen LogP contribution is 2.40. The number of nitrogens with zero attached hydrogens (tertiary/aromatic N) is 2. The molecule has 1 aliphatic carbocycles. The van der Waals surface area contributed by atoms with Crippen LogP contribution in [-0.4, -0.2) is 20.6 Å². The van der Waals surface area contributed by atoms with E-state index in [0.717, 1.165) is 16.9 Å². The summed E-state index contributed by atoms with van der Waals surface area (Å²) in [4.78, 5) is 16.9. The molecule has 5 nitrogen and oxygen atoms in total. The zero-order valence-corrected chi connectivity index (χ0v) is 13.4. The van der Waals surface area contributed by atoms with E-state index < -0.39 is 12.0 Å². The van der Waals surface area contributed by atoms with Crippen LogP contribution in [0.15, 0.2) is 48.5 Å². The fraction of sp³-hybridized carbons (Fsp3) is 0.263. The molecule has 4 rings (SSSR count). The van der Waals surface area contributed by atoms with E-state index in [-0.39, 0.29) is 0 Å². The van der Waals surface area contributed by atoms with Crippen LogP contribution in [0.5, 0.6) is 0 Å². The third-order valence-corrected chi connectivity index (χ3v) is 4.49. The number of fused-ring (bicyclic) bond motifs is 1. The van der Waals surface area contributed by atoms with Crippen LogP contribution in [0, 0.1) is 0 Å². The van der Waals surface area contributed by atoms with Gasteiger partial charge in [-0.15, -0.1) is 0 Å². The summed E-state index contributed by atoms with van der Waals surface area (Å²) in [7, 11) is 2.03. The first-order valence-corrected chi connectivity index (χ1v) is 8.14. The lowest BCUT2D eigenvalue weighted by molar-refractivity contribution is -0.124. The lowest BCUT2D eigenvalue weighted by atomic mass is 10.1. The molecule has 1 atom stereocenters. The average molecular weight is 321 g/mol. The number of rotatable bonds is 4. The Morgan fingerprint density at radius 1 is 1.25 bits per heavy atom. The molecule has 0 unspecified atom stereocenters. The number of imidazole rings is 1. The Morgan fingerprint density at radius 3 is 2.71 bits per heavy atom. The molecule has 1 fully saturated rings. The van der Waals surface area contributed by atoms with Gasteiger partial charge in [0.05, 0.1) is 11.0 Å². The summed E-state index contributed by atoms with van der Waals surface area (Å²) in [6, 6.07) is 14.6. The van der Waals surface area contributed by atoms with Crippen molar-refractivity contribution >= 4 is 22.6 Å². The van der Waals surface area contributed by atoms with Crippen LogP contribution in [0.3, 0.4) is 0 Å². The number of aromatic nitrogens is 2. The van der Waals surface area contributed by atoms with Gasteiger partial charge in [-0.25, -0.2) is 4.98 Å². The quantitative estimate of drug-likeness (QED) is 0.776. The first kappa shape index (κ1) is 14.9. The van der Waals surface area contributed by atoms with Gasteiger partial charge in [-0.05, 0) is 36.6 Å². The predicted octanol–water partition coefficient (Wildman–Crippen LogP) is 3.12. The molecule has 1 aromatic heterocycles. The number of amides is 1. The highest BCUT2D eigenvalue weighted by molar-refractivity contribution is 5.96. The first-order valence-electron chi connectivity index (χ1n) is 8.14. The molecule has 1 aliphatic rings. The van der Waals surface area contributed by atoms with E-state index in [1.165, 1.54) is 12.8 Å². The minimum Gasteiger partial charge on any atom is -0.378 e. The molecule has 0 spiro atoms. The summed E-state index contributed by atoms with van der Waals surface area (Å²) in [6.45, 7) is 0. The van der Waals surface area contributed by atoms with Crippen LogP contribution < -0.4 is 5.32 Å². The second-order valence-electron chi connectivity index (χ2n) is 6.31. The third kappa shape index (κ3) is 2.67. The number of benzene rings is 2. The van der Waals surface area contributed by atoms with Gasteiger partial charge >= 0.3 is 0 Å². The van der Waals surface area contributed by atoms with Crippen LogP contribution in [0.1, 0.15) is 36.3 Å². The molecular weight excluding hydrogens is 302 g/mol. The van der Waals surface area contributed by atoms with Crippen molar-refractivity contribution in [3.05, 3.63) is 59.9 Å². The van der Waals surface area contributed by atoms with E-state index in [4.69, 9.17) is 4.98 Å². The molecule has 1 heterocycles. The van der Waals surface area contributed by atoms with Gasteiger partial charge in [0.25, 0.3) is 5.91 Å². The van der Waals surface area contributed by atoms with Gasteiger partial charge in [0.15, 0.2) is 6.10 Å². The molecule has 0 radical (unpaired) electrons. The maximum absolute atomic E-state index is 12.3. The second kappa shape index (κ2) is 5.76. The zero-order chi connectivity index (χ0) is 16.7. The summed E-state index contributed by atoms with van der Waals surface area (Å²) in [5.41, 5.74) is 3.14. The maximum Gasteiger partial charge on any atom is 0.257 e. The lowest BCUT2D eigenvalue weighted by Crippen LogP contribution is -2.20. The highest BCUT2D eigenvalue weighted by Gasteiger charge is 2.28. The first-order chi connectivity index (χ1) is 11.6. The Morgan fingerprint density at radius 2 is 2.00 bits per heavy atom. The molecule has 2 aromatic carbocycles. The minimum absolute atomic E-state index is 0.445. The molecular formula is C19H19N3O2. The predicted molar refractivity (Wildman–Crippen MR) is 92.7 cm³/mol. The van der Waals surface area contributed by atoms with Crippen LogP contribution in [0.25, 0.3) is 11.0 Å². The largest absolute Gasteiger partial charge is 0.378 e. The van der Waals surface area contributed by atoms with E-state index in [1.54, 1.807) is 24.3 Å². The van der Waals surface area contributed by atoms with Crippen molar-refractivity contribution in [3.8, 4) is 0 Å². The van der Waals surface area contributed by atoms with Gasteiger partial charge in [0.2, 0.25) is 0 Å². The summed E-state index contributed by atoms with van der Waals surface area (Å²) < 4.78 is 2.12. The summed E-state index contributed by atoms with van der Waals surface area (Å²) in [5.74, 6) is 1.23. The number of carbonyl (C=O) groups is 1. The molecule has 0 aliphatic heterocycles. The van der Waals surface area contributed by atoms with E-state index in [1.807, 2.05) is 31.3 Å². The highest BCUT2D eigenvalue weighted by atomic mass is 16.3. The van der Waals surface area contributed by atoms with Gasteiger partial charge in [-0.3, -0.25) is 4.79 Å². The van der Waals surface area contributed by atoms with Crippen molar-refractivity contribution in [2.24, 2.45) is 7.05 Å². The van der Waals surface area contributed by atoms with Crippen molar-refractivity contribution in [1.82, 2.24) is 9.55 Å². The smallest absolute Gasteiger partial charge is 0.257 e. The molecule has 0 saturated heterocycles. The number of anilines is 1. The lowest BCUT2D eigenvalue weighted by Gasteiger charge is -2.11. The molecule has 3 aromatic rings. The molecule has 24 heavy (non-hydrogen) atoms. The Hall–Kier alpha value is -2.66. The molecule has 5 heteroatoms. The number of carbonyl (C=O) groups excluding carboxylic acids is 1. The molecule has 2 N–H and O–H groups in total. The summed E-state index contributed by atoms with van der Waals surface area (Å²) in [5, 5.41) is 12.9. The van der Waals surface area contributed by atoms with E-state index >= 15 is 0 Å². The molecule has 0 bridgehead atoms. The number of aliphatic hydroxyl groups is 1. The van der Waals surface area contributed by atoms with E-state index in [9.17, 15) is 9.90 Å². The number of aliphatic hydroxyl groups excluding tert-OH is 1. The molecule has 122 valence electrons. The van der Waals surface area contributed by atoms with Crippen LogP contribution >= 0.6 is 0 Å². The number of nitrogens with one attached hydrogen (secondary N) is 1. The standard InChI is InChI=1S/C19H19N3O2/c1-22-16-10-9-14(11-15(16)21-18(22)13-7-8-13)20-19(24)17(23)12-5-3-2-4-6-12/h2-6,9-11,13,17,23H,7-8H2,1H3,(H,20,24)/t17-/m0/s1. The Labute approximate surface area is 139 Å². The van der Waals surface area contributed by atoms with Gasteiger partial charge in [0, 0.05) is 18.7 Å². The van der Waals surface area contributed by atoms with Gasteiger partial charge in [-0.2, -0.15) is 0 Å². The summed E-state index contributed by atoms with van der Waals surface area (Å²) >= 11 is 0. The minimum atomic E-state index is -1.19. The Kier molecular flexibility index (Phi) is 3.58. The van der Waals surface area contributed by atoms with Gasteiger partial charge < -0.3 is 15.0 Å². The van der Waals surface area contributed by atoms with E-state index in [0.29, 0.717) is 17.2 Å². The molecule has 1 saturated carbocycles. The van der Waals surface area contributed by atoms with Crippen LogP contribution in [-0.2, 0) is 11.8 Å². The number of aryl methyl sites for hydroxylation is 1. The normalized spacial score (nSPS) is 15.4. The van der Waals surface area contributed by atoms with Gasteiger partial charge in [-0.1, -0.05) is 30.3 Å². The average Bonchev–Trinajstić information content (AvgIpc) is 3.39. The fourth-order valence-electron chi connectivity index (χ4n) is 3.00. The van der Waals surface area contributed by atoms with E-state index in [2.05, 4.69) is 9.88 Å². The fourth-order valence-corrected chi connectivity index (χ4v) is 3.00. The summed E-state index contributed by atoms with van der Waals surface area (Å²) in [6.07, 6.45) is 1.21. The third-order valence-electron chi connectivity index (χ3n) is 4.49. The monoisotopic (exact) mass is 321 g/mol. The number of hydrogen-bond donors (Lipinski definition) is 2. The van der Waals surface area contributed by atoms with Gasteiger partial charge in [0.1, 0.15) is 5.82 Å². The Balaban J connectivity index is 1.57.